The number of pyridine rings is 1. The monoisotopic (exact) mass is 333 g/mol. The second-order valence-corrected chi connectivity index (χ2v) is 7.44. The molecule has 1 amide bonds. The van der Waals surface area contributed by atoms with Crippen LogP contribution in [0.25, 0.3) is 0 Å². The lowest BCUT2D eigenvalue weighted by molar-refractivity contribution is 0.0939. The predicted octanol–water partition coefficient (Wildman–Crippen LogP) is 1.82. The highest BCUT2D eigenvalue weighted by Gasteiger charge is 2.19. The molecule has 0 saturated heterocycles. The van der Waals surface area contributed by atoms with Gasteiger partial charge in [-0.05, 0) is 42.8 Å². The Morgan fingerprint density at radius 1 is 1.17 bits per heavy atom. The Bertz CT molecular complexity index is 789. The number of amides is 1. The molecule has 0 aliphatic rings. The van der Waals surface area contributed by atoms with Crippen LogP contribution < -0.4 is 5.32 Å². The molecule has 7 heteroatoms. The van der Waals surface area contributed by atoms with Crippen LogP contribution >= 0.6 is 0 Å². The molecule has 0 saturated carbocycles. The van der Waals surface area contributed by atoms with Gasteiger partial charge in [0.25, 0.3) is 5.91 Å². The van der Waals surface area contributed by atoms with Crippen molar-refractivity contribution in [3.05, 3.63) is 59.9 Å². The summed E-state index contributed by atoms with van der Waals surface area (Å²) in [5.41, 5.74) is 1.22. The largest absolute Gasteiger partial charge is 0.346 e. The smallest absolute Gasteiger partial charge is 0.251 e. The summed E-state index contributed by atoms with van der Waals surface area (Å²) >= 11 is 0. The van der Waals surface area contributed by atoms with Gasteiger partial charge in [0.1, 0.15) is 0 Å². The van der Waals surface area contributed by atoms with Crippen LogP contribution in [0.1, 0.15) is 28.9 Å². The van der Waals surface area contributed by atoms with Gasteiger partial charge in [-0.25, -0.2) is 12.7 Å². The molecule has 6 nitrogen and oxygen atoms in total. The first-order valence-corrected chi connectivity index (χ1v) is 8.50. The summed E-state index contributed by atoms with van der Waals surface area (Å²) in [5, 5.41) is 2.85. The Morgan fingerprint density at radius 3 is 2.43 bits per heavy atom. The zero-order chi connectivity index (χ0) is 17.0. The second kappa shape index (κ2) is 6.89. The van der Waals surface area contributed by atoms with Crippen LogP contribution in [0, 0.1) is 0 Å². The van der Waals surface area contributed by atoms with E-state index in [1.165, 1.54) is 26.2 Å². The Balaban J connectivity index is 2.21. The van der Waals surface area contributed by atoms with Crippen molar-refractivity contribution in [3.63, 3.8) is 0 Å². The Labute approximate surface area is 136 Å². The molecule has 0 aliphatic heterocycles. The van der Waals surface area contributed by atoms with E-state index in [1.807, 2.05) is 19.1 Å². The SMILES string of the molecule is CC(NC(=O)c1cccc(S(=O)(=O)N(C)C)c1)c1ccncc1. The summed E-state index contributed by atoms with van der Waals surface area (Å²) < 4.78 is 25.4. The number of nitrogens with one attached hydrogen (secondary N) is 1. The first-order chi connectivity index (χ1) is 10.8. The number of sulfonamides is 1. The van der Waals surface area contributed by atoms with E-state index in [1.54, 1.807) is 24.5 Å². The van der Waals surface area contributed by atoms with E-state index < -0.39 is 10.0 Å². The van der Waals surface area contributed by atoms with Gasteiger partial charge in [-0.15, -0.1) is 0 Å². The number of carbonyl (C=O) groups excluding carboxylic acids is 1. The van der Waals surface area contributed by atoms with Gasteiger partial charge in [0.15, 0.2) is 0 Å². The van der Waals surface area contributed by atoms with E-state index >= 15 is 0 Å². The fourth-order valence-corrected chi connectivity index (χ4v) is 2.97. The molecule has 1 atom stereocenters. The zero-order valence-electron chi connectivity index (χ0n) is 13.2. The number of rotatable bonds is 5. The van der Waals surface area contributed by atoms with Crippen molar-refractivity contribution < 1.29 is 13.2 Å². The first kappa shape index (κ1) is 17.1. The van der Waals surface area contributed by atoms with Crippen molar-refractivity contribution in [1.29, 1.82) is 0 Å². The normalized spacial score (nSPS) is 12.9. The molecule has 1 aromatic heterocycles. The number of carbonyl (C=O) groups is 1. The topological polar surface area (TPSA) is 79.4 Å². The maximum atomic E-state index is 12.3. The van der Waals surface area contributed by atoms with E-state index in [0.29, 0.717) is 5.56 Å². The van der Waals surface area contributed by atoms with Gasteiger partial charge >= 0.3 is 0 Å². The van der Waals surface area contributed by atoms with Crippen molar-refractivity contribution in [2.75, 3.05) is 14.1 Å². The highest BCUT2D eigenvalue weighted by molar-refractivity contribution is 7.89. The molecule has 0 aliphatic carbocycles. The molecule has 1 aromatic carbocycles. The molecule has 0 radical (unpaired) electrons. The molecule has 1 heterocycles. The highest BCUT2D eigenvalue weighted by Crippen LogP contribution is 2.16. The molecule has 0 spiro atoms. The van der Waals surface area contributed by atoms with E-state index in [4.69, 9.17) is 0 Å². The van der Waals surface area contributed by atoms with Crippen LogP contribution in [-0.4, -0.2) is 37.7 Å². The molecule has 0 bridgehead atoms. The Hall–Kier alpha value is -2.25. The summed E-state index contributed by atoms with van der Waals surface area (Å²) in [4.78, 5) is 16.4. The molecule has 0 fully saturated rings. The minimum absolute atomic E-state index is 0.0896. The number of nitrogens with zero attached hydrogens (tertiary/aromatic N) is 2. The highest BCUT2D eigenvalue weighted by atomic mass is 32.2. The molecule has 2 aromatic rings. The third kappa shape index (κ3) is 3.94. The third-order valence-electron chi connectivity index (χ3n) is 3.43. The number of hydrogen-bond acceptors (Lipinski definition) is 4. The summed E-state index contributed by atoms with van der Waals surface area (Å²) in [7, 11) is -0.665. The van der Waals surface area contributed by atoms with Gasteiger partial charge < -0.3 is 5.32 Å². The lowest BCUT2D eigenvalue weighted by atomic mass is 10.1. The average molecular weight is 333 g/mol. The summed E-state index contributed by atoms with van der Waals surface area (Å²) in [6.07, 6.45) is 3.31. The number of hydrogen-bond donors (Lipinski definition) is 1. The number of benzene rings is 1. The van der Waals surface area contributed by atoms with Crippen LogP contribution in [0.3, 0.4) is 0 Å². The molecular formula is C16H19N3O3S. The van der Waals surface area contributed by atoms with E-state index in [0.717, 1.165) is 9.87 Å². The second-order valence-electron chi connectivity index (χ2n) is 5.29. The summed E-state index contributed by atoms with van der Waals surface area (Å²) in [6, 6.07) is 9.42. The average Bonchev–Trinajstić information content (AvgIpc) is 2.55. The van der Waals surface area contributed by atoms with Gasteiger partial charge in [-0.3, -0.25) is 9.78 Å². The first-order valence-electron chi connectivity index (χ1n) is 7.06. The van der Waals surface area contributed by atoms with Gasteiger partial charge in [0.2, 0.25) is 10.0 Å². The van der Waals surface area contributed by atoms with Crippen molar-refractivity contribution in [3.8, 4) is 0 Å². The number of aromatic nitrogens is 1. The van der Waals surface area contributed by atoms with Crippen LogP contribution in [0.2, 0.25) is 0 Å². The Morgan fingerprint density at radius 2 is 1.83 bits per heavy atom. The van der Waals surface area contributed by atoms with Gasteiger partial charge in [0, 0.05) is 32.1 Å². The molecule has 1 N–H and O–H groups in total. The van der Waals surface area contributed by atoms with Crippen LogP contribution in [0.4, 0.5) is 0 Å². The van der Waals surface area contributed by atoms with Crippen LogP contribution in [-0.2, 0) is 10.0 Å². The van der Waals surface area contributed by atoms with E-state index in [9.17, 15) is 13.2 Å². The lowest BCUT2D eigenvalue weighted by Gasteiger charge is -2.15. The van der Waals surface area contributed by atoms with E-state index in [2.05, 4.69) is 10.3 Å². The quantitative estimate of drug-likeness (QED) is 0.905. The van der Waals surface area contributed by atoms with Crippen molar-refractivity contribution in [2.45, 2.75) is 17.9 Å². The van der Waals surface area contributed by atoms with Crippen LogP contribution in [0.5, 0.6) is 0 Å². The third-order valence-corrected chi connectivity index (χ3v) is 5.24. The molecule has 1 unspecified atom stereocenters. The minimum Gasteiger partial charge on any atom is -0.346 e. The van der Waals surface area contributed by atoms with Gasteiger partial charge in [-0.2, -0.15) is 0 Å². The predicted molar refractivity (Wildman–Crippen MR) is 87.4 cm³/mol. The fourth-order valence-electron chi connectivity index (χ4n) is 2.02. The summed E-state index contributed by atoms with van der Waals surface area (Å²) in [5.74, 6) is -0.329. The van der Waals surface area contributed by atoms with Gasteiger partial charge in [0.05, 0.1) is 10.9 Å². The van der Waals surface area contributed by atoms with Crippen molar-refractivity contribution in [2.24, 2.45) is 0 Å². The van der Waals surface area contributed by atoms with Gasteiger partial charge in [-0.1, -0.05) is 6.07 Å². The van der Waals surface area contributed by atoms with Crippen molar-refractivity contribution in [1.82, 2.24) is 14.6 Å². The van der Waals surface area contributed by atoms with Crippen LogP contribution in [0.15, 0.2) is 53.7 Å². The standard InChI is InChI=1S/C16H19N3O3S/c1-12(13-7-9-17-10-8-13)18-16(20)14-5-4-6-15(11-14)23(21,22)19(2)3/h4-12H,1-3H3,(H,18,20). The molecule has 122 valence electrons. The molecule has 2 rings (SSSR count). The summed E-state index contributed by atoms with van der Waals surface area (Å²) in [6.45, 7) is 1.85. The zero-order valence-corrected chi connectivity index (χ0v) is 14.0. The Kier molecular flexibility index (Phi) is 5.12. The molecule has 23 heavy (non-hydrogen) atoms. The lowest BCUT2D eigenvalue weighted by Crippen LogP contribution is -2.27. The minimum atomic E-state index is -3.57. The molecular weight excluding hydrogens is 314 g/mol. The van der Waals surface area contributed by atoms with Crippen molar-refractivity contribution >= 4 is 15.9 Å². The maximum absolute atomic E-state index is 12.3. The maximum Gasteiger partial charge on any atom is 0.251 e. The van der Waals surface area contributed by atoms with E-state index in [-0.39, 0.29) is 16.8 Å². The fraction of sp³-hybridized carbons (Fsp3) is 0.250.